The average molecular weight is 548 g/mol. The van der Waals surface area contributed by atoms with Crippen LogP contribution in [0, 0.1) is 0 Å². The average Bonchev–Trinajstić information content (AvgIpc) is 3.43. The van der Waals surface area contributed by atoms with Crippen LogP contribution < -0.4 is 19.5 Å². The maximum absolute atomic E-state index is 12.8. The molecule has 0 bridgehead atoms. The molecule has 3 aromatic carbocycles. The number of benzene rings is 3. The van der Waals surface area contributed by atoms with Gasteiger partial charge >= 0.3 is 0 Å². The zero-order chi connectivity index (χ0) is 27.2. The second-order valence-corrected chi connectivity index (χ2v) is 9.66. The monoisotopic (exact) mass is 547 g/mol. The highest BCUT2D eigenvalue weighted by atomic mass is 35.5. The van der Waals surface area contributed by atoms with Gasteiger partial charge in [0, 0.05) is 30.3 Å². The van der Waals surface area contributed by atoms with Gasteiger partial charge in [-0.15, -0.1) is 5.10 Å². The van der Waals surface area contributed by atoms with Crippen molar-refractivity contribution in [2.24, 2.45) is 0 Å². The Morgan fingerprint density at radius 3 is 2.49 bits per heavy atom. The number of hydrogen-bond acceptors (Lipinski definition) is 7. The predicted molar refractivity (Wildman–Crippen MR) is 149 cm³/mol. The van der Waals surface area contributed by atoms with Crippen LogP contribution in [0.3, 0.4) is 0 Å². The largest absolute Gasteiger partial charge is 0.493 e. The second kappa shape index (κ2) is 12.2. The van der Waals surface area contributed by atoms with Crippen LogP contribution in [0.2, 0.25) is 5.02 Å². The van der Waals surface area contributed by atoms with Gasteiger partial charge in [0.15, 0.2) is 11.5 Å². The second-order valence-electron chi connectivity index (χ2n) is 9.22. The van der Waals surface area contributed by atoms with Crippen molar-refractivity contribution in [1.29, 1.82) is 0 Å². The molecule has 0 aliphatic carbocycles. The summed E-state index contributed by atoms with van der Waals surface area (Å²) in [6, 6.07) is 18.2. The molecule has 0 fully saturated rings. The van der Waals surface area contributed by atoms with E-state index in [1.54, 1.807) is 56.7 Å². The maximum Gasteiger partial charge on any atom is 0.259 e. The highest BCUT2D eigenvalue weighted by Crippen LogP contribution is 2.33. The summed E-state index contributed by atoms with van der Waals surface area (Å²) in [6.45, 7) is 3.54. The number of para-hydroxylation sites is 1. The van der Waals surface area contributed by atoms with Gasteiger partial charge in [-0.3, -0.25) is 14.4 Å². The summed E-state index contributed by atoms with van der Waals surface area (Å²) in [4.78, 5) is 15.2. The topological polar surface area (TPSA) is 90.7 Å². The highest BCUT2D eigenvalue weighted by Gasteiger charge is 2.20. The van der Waals surface area contributed by atoms with Crippen molar-refractivity contribution in [2.75, 3.05) is 32.6 Å². The Morgan fingerprint density at radius 1 is 0.974 bits per heavy atom. The third-order valence-electron chi connectivity index (χ3n) is 6.64. The summed E-state index contributed by atoms with van der Waals surface area (Å²) in [6.07, 6.45) is 2.83. The molecule has 1 aromatic heterocycles. The number of aromatic nitrogens is 3. The number of methoxy groups -OCH3 is 2. The summed E-state index contributed by atoms with van der Waals surface area (Å²) in [5.41, 5.74) is 4.32. The van der Waals surface area contributed by atoms with E-state index >= 15 is 0 Å². The lowest BCUT2D eigenvalue weighted by Gasteiger charge is -2.29. The lowest BCUT2D eigenvalue weighted by molar-refractivity contribution is 0.102. The van der Waals surface area contributed by atoms with E-state index in [1.165, 1.54) is 11.1 Å². The molecule has 1 N–H and O–H groups in total. The lowest BCUT2D eigenvalue weighted by Crippen LogP contribution is -2.33. The first kappa shape index (κ1) is 26.5. The van der Waals surface area contributed by atoms with Gasteiger partial charge in [-0.25, -0.2) is 0 Å². The molecule has 9 nitrogen and oxygen atoms in total. The third kappa shape index (κ3) is 6.50. The van der Waals surface area contributed by atoms with Crippen molar-refractivity contribution in [3.63, 3.8) is 0 Å². The third-order valence-corrected chi connectivity index (χ3v) is 6.89. The molecule has 202 valence electrons. The Bertz CT molecular complexity index is 1440. The number of anilines is 1. The van der Waals surface area contributed by atoms with Gasteiger partial charge < -0.3 is 19.5 Å². The van der Waals surface area contributed by atoms with E-state index in [0.717, 1.165) is 37.6 Å². The first-order valence-corrected chi connectivity index (χ1v) is 13.0. The normalized spacial score (nSPS) is 13.0. The van der Waals surface area contributed by atoms with Crippen LogP contribution in [-0.4, -0.2) is 53.1 Å². The number of amides is 1. The van der Waals surface area contributed by atoms with Crippen LogP contribution in [0.1, 0.15) is 27.2 Å². The van der Waals surface area contributed by atoms with Crippen LogP contribution in [0.4, 0.5) is 5.69 Å². The SMILES string of the molecule is COc1cc2c(cc1OC)CN(CCn1cc(COc3ccccc3C(=O)Nc3ccc(Cl)cc3)nn1)CC2. The van der Waals surface area contributed by atoms with Crippen LogP contribution in [0.15, 0.2) is 66.9 Å². The van der Waals surface area contributed by atoms with E-state index in [0.29, 0.717) is 34.3 Å². The van der Waals surface area contributed by atoms with E-state index < -0.39 is 0 Å². The molecular formula is C29H30ClN5O4. The molecule has 2 heterocycles. The van der Waals surface area contributed by atoms with Crippen molar-refractivity contribution in [3.05, 3.63) is 94.3 Å². The quantitative estimate of drug-likeness (QED) is 0.304. The summed E-state index contributed by atoms with van der Waals surface area (Å²) < 4.78 is 18.7. The first-order valence-electron chi connectivity index (χ1n) is 12.7. The smallest absolute Gasteiger partial charge is 0.259 e. The highest BCUT2D eigenvalue weighted by molar-refractivity contribution is 6.30. The van der Waals surface area contributed by atoms with Crippen molar-refractivity contribution in [1.82, 2.24) is 19.9 Å². The molecule has 4 aromatic rings. The van der Waals surface area contributed by atoms with Gasteiger partial charge in [-0.2, -0.15) is 0 Å². The molecule has 1 aliphatic rings. The molecule has 0 atom stereocenters. The fourth-order valence-electron chi connectivity index (χ4n) is 4.55. The van der Waals surface area contributed by atoms with E-state index in [1.807, 2.05) is 16.9 Å². The molecule has 39 heavy (non-hydrogen) atoms. The Morgan fingerprint density at radius 2 is 1.72 bits per heavy atom. The van der Waals surface area contributed by atoms with Crippen LogP contribution >= 0.6 is 11.6 Å². The molecule has 0 saturated heterocycles. The van der Waals surface area contributed by atoms with Gasteiger partial charge in [0.1, 0.15) is 18.1 Å². The Kier molecular flexibility index (Phi) is 8.29. The molecule has 0 radical (unpaired) electrons. The minimum absolute atomic E-state index is 0.198. The summed E-state index contributed by atoms with van der Waals surface area (Å²) >= 11 is 5.93. The number of carbonyl (C=O) groups is 1. The molecule has 10 heteroatoms. The number of rotatable bonds is 10. The van der Waals surface area contributed by atoms with Crippen molar-refractivity contribution in [2.45, 2.75) is 26.1 Å². The number of carbonyl (C=O) groups excluding carboxylic acids is 1. The van der Waals surface area contributed by atoms with E-state index in [-0.39, 0.29) is 12.5 Å². The van der Waals surface area contributed by atoms with Gasteiger partial charge in [0.05, 0.1) is 32.5 Å². The summed E-state index contributed by atoms with van der Waals surface area (Å²) in [5.74, 6) is 1.73. The summed E-state index contributed by atoms with van der Waals surface area (Å²) in [5, 5.41) is 12.0. The van der Waals surface area contributed by atoms with E-state index in [4.69, 9.17) is 25.8 Å². The number of fused-ring (bicyclic) bond motifs is 1. The van der Waals surface area contributed by atoms with Gasteiger partial charge in [0.2, 0.25) is 0 Å². The minimum atomic E-state index is -0.268. The molecule has 5 rings (SSSR count). The first-order chi connectivity index (χ1) is 19.0. The molecule has 0 unspecified atom stereocenters. The fourth-order valence-corrected chi connectivity index (χ4v) is 4.68. The number of halogens is 1. The van der Waals surface area contributed by atoms with Crippen molar-refractivity contribution in [3.8, 4) is 17.2 Å². The van der Waals surface area contributed by atoms with Crippen LogP contribution in [0.25, 0.3) is 0 Å². The number of ether oxygens (including phenoxy) is 3. The van der Waals surface area contributed by atoms with Crippen molar-refractivity contribution < 1.29 is 19.0 Å². The predicted octanol–water partition coefficient (Wildman–Crippen LogP) is 4.84. The van der Waals surface area contributed by atoms with Crippen LogP contribution in [-0.2, 0) is 26.1 Å². The number of hydrogen-bond donors (Lipinski definition) is 1. The van der Waals surface area contributed by atoms with E-state index in [9.17, 15) is 4.79 Å². The van der Waals surface area contributed by atoms with Gasteiger partial charge in [-0.05, 0) is 66.1 Å². The lowest BCUT2D eigenvalue weighted by atomic mass is 9.99. The summed E-state index contributed by atoms with van der Waals surface area (Å²) in [7, 11) is 3.32. The molecule has 0 spiro atoms. The molecule has 1 aliphatic heterocycles. The zero-order valence-corrected chi connectivity index (χ0v) is 22.6. The number of nitrogens with one attached hydrogen (secondary N) is 1. The van der Waals surface area contributed by atoms with Gasteiger partial charge in [0.25, 0.3) is 5.91 Å². The van der Waals surface area contributed by atoms with Gasteiger partial charge in [-0.1, -0.05) is 28.9 Å². The number of nitrogens with zero attached hydrogens (tertiary/aromatic N) is 4. The standard InChI is InChI=1S/C29H30ClN5O4/c1-37-27-15-20-11-12-34(17-21(20)16-28(27)38-2)13-14-35-18-24(32-33-35)19-39-26-6-4-3-5-25(26)29(36)31-23-9-7-22(30)8-10-23/h3-10,15-16,18H,11-14,17,19H2,1-2H3,(H,31,36). The molecular weight excluding hydrogens is 518 g/mol. The van der Waals surface area contributed by atoms with Crippen LogP contribution in [0.5, 0.6) is 17.2 Å². The fraction of sp³-hybridized carbons (Fsp3) is 0.276. The Balaban J connectivity index is 1.15. The molecule has 0 saturated carbocycles. The zero-order valence-electron chi connectivity index (χ0n) is 21.9. The van der Waals surface area contributed by atoms with E-state index in [2.05, 4.69) is 32.7 Å². The van der Waals surface area contributed by atoms with Crippen molar-refractivity contribution >= 4 is 23.2 Å². The maximum atomic E-state index is 12.8. The molecule has 1 amide bonds. The minimum Gasteiger partial charge on any atom is -0.493 e. The Labute approximate surface area is 232 Å². The Hall–Kier alpha value is -4.08.